The molecule has 10 rings (SSSR count). The minimum Gasteiger partial charge on any atom is -0.366 e. The molecule has 0 spiro atoms. The van der Waals surface area contributed by atoms with E-state index in [9.17, 15) is 8.78 Å². The molecule has 5 aromatic carbocycles. The third kappa shape index (κ3) is 4.27. The lowest BCUT2D eigenvalue weighted by Gasteiger charge is -2.23. The van der Waals surface area contributed by atoms with Crippen molar-refractivity contribution in [1.29, 1.82) is 0 Å². The van der Waals surface area contributed by atoms with Gasteiger partial charge in [-0.15, -0.1) is 0 Å². The smallest absolute Gasteiger partial charge is 0.240 e. The number of para-hydroxylation sites is 1. The zero-order valence-electron chi connectivity index (χ0n) is 25.6. The quantitative estimate of drug-likeness (QED) is 0.165. The van der Waals surface area contributed by atoms with E-state index in [1.165, 1.54) is 30.6 Å². The summed E-state index contributed by atoms with van der Waals surface area (Å²) >= 11 is 0. The number of nitrogens with zero attached hydrogens (tertiary/aromatic N) is 7. The third-order valence-corrected chi connectivity index (χ3v) is 9.13. The molecule has 0 amide bonds. The van der Waals surface area contributed by atoms with E-state index in [4.69, 9.17) is 15.0 Å². The van der Waals surface area contributed by atoms with Crippen LogP contribution in [0.15, 0.2) is 108 Å². The van der Waals surface area contributed by atoms with Crippen LogP contribution in [0.2, 0.25) is 0 Å². The summed E-state index contributed by atoms with van der Waals surface area (Å²) in [5, 5.41) is 12.3. The fourth-order valence-electron chi connectivity index (χ4n) is 6.98. The Balaban J connectivity index is 1.12. The van der Waals surface area contributed by atoms with Crippen molar-refractivity contribution < 1.29 is 8.78 Å². The van der Waals surface area contributed by atoms with Gasteiger partial charge in [-0.2, -0.15) is 4.98 Å². The lowest BCUT2D eigenvalue weighted by molar-refractivity contribution is 0.627. The molecule has 0 fully saturated rings. The molecule has 49 heavy (non-hydrogen) atoms. The second-order valence-corrected chi connectivity index (χ2v) is 12.0. The lowest BCUT2D eigenvalue weighted by Crippen LogP contribution is -2.20. The van der Waals surface area contributed by atoms with E-state index in [0.717, 1.165) is 73.2 Å². The number of hydrogen-bond donors (Lipinski definition) is 3. The Morgan fingerprint density at radius 3 is 2.16 bits per heavy atom. The highest BCUT2D eigenvalue weighted by atomic mass is 19.1. The molecule has 0 bridgehead atoms. The van der Waals surface area contributed by atoms with Crippen LogP contribution < -0.4 is 20.9 Å². The van der Waals surface area contributed by atoms with Gasteiger partial charge in [0.25, 0.3) is 0 Å². The molecule has 2 aliphatic rings. The first-order chi connectivity index (χ1) is 24.1. The topological polar surface area (TPSA) is 108 Å². The molecule has 3 aromatic heterocycles. The van der Waals surface area contributed by atoms with E-state index >= 15 is 0 Å². The van der Waals surface area contributed by atoms with Crippen molar-refractivity contribution in [3.05, 3.63) is 126 Å². The van der Waals surface area contributed by atoms with Gasteiger partial charge >= 0.3 is 0 Å². The van der Waals surface area contributed by atoms with E-state index in [1.54, 1.807) is 24.3 Å². The molecule has 3 N–H and O–H groups in total. The van der Waals surface area contributed by atoms with Crippen molar-refractivity contribution in [1.82, 2.24) is 24.3 Å². The molecule has 1 unspecified atom stereocenters. The molecular formula is C37H24F2N10. The number of nitrogens with one attached hydrogen (secondary N) is 3. The Morgan fingerprint density at radius 1 is 0.714 bits per heavy atom. The van der Waals surface area contributed by atoms with Crippen LogP contribution in [0, 0.1) is 11.6 Å². The standard InChI is InChI=1S/C37H24F2N10/c38-20-7-11-22(12-8-20)44-28-4-1-3-27-31(28)26(17-40-27)32-24-15-16-25-33(24)49-36(46-32)41-18-42-37(49)47-35(25)48-19-43-29-5-2-6-30(34(29)48)45-23-13-9-21(39)10-14-23/h1-18,26,43-45H,19H2. The van der Waals surface area contributed by atoms with Crippen LogP contribution in [0.5, 0.6) is 0 Å². The molecule has 0 saturated carbocycles. The Hall–Kier alpha value is -6.69. The van der Waals surface area contributed by atoms with Crippen molar-refractivity contribution in [3.8, 4) is 0 Å². The van der Waals surface area contributed by atoms with Gasteiger partial charge in [-0.1, -0.05) is 18.2 Å². The maximum atomic E-state index is 13.7. The molecule has 2 aliphatic heterocycles. The largest absolute Gasteiger partial charge is 0.366 e. The second-order valence-electron chi connectivity index (χ2n) is 12.0. The van der Waals surface area contributed by atoms with E-state index in [1.807, 2.05) is 47.0 Å². The Bertz CT molecular complexity index is 2600. The molecule has 10 nitrogen and oxygen atoms in total. The number of benzene rings is 4. The summed E-state index contributed by atoms with van der Waals surface area (Å²) < 4.78 is 29.2. The molecule has 1 atom stereocenters. The monoisotopic (exact) mass is 646 g/mol. The first-order valence-electron chi connectivity index (χ1n) is 15.7. The van der Waals surface area contributed by atoms with Gasteiger partial charge in [-0.05, 0) is 78.9 Å². The van der Waals surface area contributed by atoms with E-state index in [0.29, 0.717) is 18.2 Å². The molecule has 0 radical (unpaired) electrons. The predicted molar refractivity (Wildman–Crippen MR) is 188 cm³/mol. The summed E-state index contributed by atoms with van der Waals surface area (Å²) in [5.74, 6) is 0.813. The number of fused-ring (bicyclic) bond motifs is 2. The first kappa shape index (κ1) is 27.4. The third-order valence-electron chi connectivity index (χ3n) is 9.13. The number of hydrogen-bond acceptors (Lipinski definition) is 9. The van der Waals surface area contributed by atoms with Crippen molar-refractivity contribution in [2.45, 2.75) is 5.92 Å². The predicted octanol–water partition coefficient (Wildman–Crippen LogP) is 8.40. The highest BCUT2D eigenvalue weighted by Gasteiger charge is 2.32. The number of rotatable bonds is 6. The van der Waals surface area contributed by atoms with E-state index in [2.05, 4.69) is 43.0 Å². The Labute approximate surface area is 277 Å². The molecular weight excluding hydrogens is 622 g/mol. The van der Waals surface area contributed by atoms with Crippen LogP contribution in [-0.2, 0) is 0 Å². The van der Waals surface area contributed by atoms with Crippen molar-refractivity contribution >= 4 is 79.7 Å². The average molecular weight is 647 g/mol. The van der Waals surface area contributed by atoms with Crippen LogP contribution in [0.3, 0.4) is 0 Å². The maximum absolute atomic E-state index is 13.7. The van der Waals surface area contributed by atoms with Crippen molar-refractivity contribution in [2.75, 3.05) is 27.5 Å². The van der Waals surface area contributed by atoms with Gasteiger partial charge in [-0.3, -0.25) is 4.99 Å². The zero-order valence-corrected chi connectivity index (χ0v) is 25.6. The zero-order chi connectivity index (χ0) is 32.6. The maximum Gasteiger partial charge on any atom is 0.240 e. The highest BCUT2D eigenvalue weighted by molar-refractivity contribution is 6.10. The summed E-state index contributed by atoms with van der Waals surface area (Å²) in [4.78, 5) is 26.2. The van der Waals surface area contributed by atoms with E-state index < -0.39 is 0 Å². The fourth-order valence-corrected chi connectivity index (χ4v) is 6.98. The normalized spacial score (nSPS) is 14.9. The molecule has 12 heteroatoms. The van der Waals surface area contributed by atoms with Gasteiger partial charge in [0.15, 0.2) is 0 Å². The van der Waals surface area contributed by atoms with Crippen LogP contribution in [0.4, 0.5) is 54.4 Å². The van der Waals surface area contributed by atoms with Gasteiger partial charge in [-0.25, -0.2) is 28.1 Å². The van der Waals surface area contributed by atoms with Crippen LogP contribution >= 0.6 is 0 Å². The summed E-state index contributed by atoms with van der Waals surface area (Å²) in [6.07, 6.45) is 3.40. The van der Waals surface area contributed by atoms with Crippen LogP contribution in [-0.4, -0.2) is 37.2 Å². The minimum absolute atomic E-state index is 0.277. The highest BCUT2D eigenvalue weighted by Crippen LogP contribution is 2.48. The second kappa shape index (κ2) is 10.4. The van der Waals surface area contributed by atoms with Crippen molar-refractivity contribution in [2.24, 2.45) is 4.99 Å². The lowest BCUT2D eigenvalue weighted by atomic mass is 9.93. The number of anilines is 7. The molecule has 0 saturated heterocycles. The molecule has 8 aromatic rings. The van der Waals surface area contributed by atoms with Gasteiger partial charge in [0.1, 0.15) is 23.8 Å². The van der Waals surface area contributed by atoms with E-state index in [-0.39, 0.29) is 17.6 Å². The van der Waals surface area contributed by atoms with Crippen LogP contribution in [0.25, 0.3) is 27.8 Å². The summed E-state index contributed by atoms with van der Waals surface area (Å²) in [5.41, 5.74) is 8.63. The number of aromatic nitrogens is 5. The summed E-state index contributed by atoms with van der Waals surface area (Å²) in [7, 11) is 0. The van der Waals surface area contributed by atoms with Gasteiger partial charge < -0.3 is 20.9 Å². The SMILES string of the molecule is Fc1ccc(Nc2cccc3c2C(c2nc4ncnc5nc(N6CNc7cccc(Nc8ccc(F)cc8)c76)c6ccc2c6n45)C=N3)cc1. The molecule has 236 valence electrons. The number of aliphatic imine (C=N–C) groups is 1. The summed E-state index contributed by atoms with van der Waals surface area (Å²) in [6, 6.07) is 28.6. The molecule has 5 heterocycles. The molecule has 0 aliphatic carbocycles. The number of halogens is 2. The average Bonchev–Trinajstić information content (AvgIpc) is 3.88. The van der Waals surface area contributed by atoms with Gasteiger partial charge in [0.2, 0.25) is 11.6 Å². The fraction of sp³-hybridized carbons (Fsp3) is 0.0541. The minimum atomic E-state index is -0.295. The van der Waals surface area contributed by atoms with Gasteiger partial charge in [0, 0.05) is 39.6 Å². The summed E-state index contributed by atoms with van der Waals surface area (Å²) in [6.45, 7) is 0.482. The first-order valence-corrected chi connectivity index (χ1v) is 15.7. The van der Waals surface area contributed by atoms with Crippen LogP contribution in [0.1, 0.15) is 17.2 Å². The van der Waals surface area contributed by atoms with Crippen molar-refractivity contribution in [3.63, 3.8) is 0 Å². The van der Waals surface area contributed by atoms with Gasteiger partial charge in [0.05, 0.1) is 46.5 Å². The Morgan fingerprint density at radius 2 is 1.39 bits per heavy atom. The Kier molecular flexibility index (Phi) is 5.82.